The zero-order valence-electron chi connectivity index (χ0n) is 10.2. The molecule has 4 nitrogen and oxygen atoms in total. The SMILES string of the molecule is NC1=CC(N)(c2nccc3ccc(Cl)cc23)CN=C1. The zero-order valence-corrected chi connectivity index (χ0v) is 10.9. The zero-order chi connectivity index (χ0) is 13.5. The summed E-state index contributed by atoms with van der Waals surface area (Å²) in [5.41, 5.74) is 12.7. The number of nitrogens with two attached hydrogens (primary N) is 2. The fourth-order valence-corrected chi connectivity index (χ4v) is 2.51. The second-order valence-corrected chi connectivity index (χ2v) is 5.12. The minimum Gasteiger partial charge on any atom is -0.398 e. The van der Waals surface area contributed by atoms with Crippen LogP contribution in [0.2, 0.25) is 5.02 Å². The van der Waals surface area contributed by atoms with Crippen molar-refractivity contribution in [3.8, 4) is 0 Å². The summed E-state index contributed by atoms with van der Waals surface area (Å²) < 4.78 is 0. The molecule has 2 heterocycles. The van der Waals surface area contributed by atoms with Gasteiger partial charge in [0.2, 0.25) is 0 Å². The number of fused-ring (bicyclic) bond motifs is 1. The van der Waals surface area contributed by atoms with Crippen LogP contribution in [0.15, 0.2) is 47.2 Å². The van der Waals surface area contributed by atoms with Crippen LogP contribution in [0, 0.1) is 0 Å². The second kappa shape index (κ2) is 4.33. The van der Waals surface area contributed by atoms with E-state index >= 15 is 0 Å². The number of aromatic nitrogens is 1. The van der Waals surface area contributed by atoms with Gasteiger partial charge in [0, 0.05) is 28.5 Å². The summed E-state index contributed by atoms with van der Waals surface area (Å²) in [6.45, 7) is 0.423. The van der Waals surface area contributed by atoms with E-state index in [-0.39, 0.29) is 0 Å². The Morgan fingerprint density at radius 2 is 2.11 bits per heavy atom. The van der Waals surface area contributed by atoms with Gasteiger partial charge in [-0.3, -0.25) is 9.98 Å². The summed E-state index contributed by atoms with van der Waals surface area (Å²) in [5.74, 6) is 0. The summed E-state index contributed by atoms with van der Waals surface area (Å²) >= 11 is 6.07. The van der Waals surface area contributed by atoms with Gasteiger partial charge in [-0.25, -0.2) is 0 Å². The number of hydrogen-bond acceptors (Lipinski definition) is 4. The van der Waals surface area contributed by atoms with Crippen LogP contribution in [-0.2, 0) is 5.54 Å². The van der Waals surface area contributed by atoms with Gasteiger partial charge >= 0.3 is 0 Å². The van der Waals surface area contributed by atoms with Crippen molar-refractivity contribution < 1.29 is 0 Å². The van der Waals surface area contributed by atoms with E-state index in [1.165, 1.54) is 0 Å². The van der Waals surface area contributed by atoms with Crippen LogP contribution >= 0.6 is 11.6 Å². The van der Waals surface area contributed by atoms with Crippen LogP contribution in [0.1, 0.15) is 5.69 Å². The molecule has 0 amide bonds. The molecule has 0 saturated carbocycles. The highest BCUT2D eigenvalue weighted by molar-refractivity contribution is 6.31. The van der Waals surface area contributed by atoms with E-state index in [1.807, 2.05) is 24.3 Å². The van der Waals surface area contributed by atoms with Gasteiger partial charge < -0.3 is 11.5 Å². The highest BCUT2D eigenvalue weighted by Crippen LogP contribution is 2.30. The van der Waals surface area contributed by atoms with Crippen LogP contribution < -0.4 is 11.5 Å². The first-order valence-corrected chi connectivity index (χ1v) is 6.28. The molecule has 96 valence electrons. The Labute approximate surface area is 115 Å². The molecule has 1 aromatic heterocycles. The molecule has 1 unspecified atom stereocenters. The summed E-state index contributed by atoms with van der Waals surface area (Å²) in [6, 6.07) is 7.60. The molecular formula is C14H13ClN4. The molecule has 0 saturated heterocycles. The van der Waals surface area contributed by atoms with Crippen molar-refractivity contribution in [1.82, 2.24) is 4.98 Å². The van der Waals surface area contributed by atoms with Crippen LogP contribution in [0.5, 0.6) is 0 Å². The Morgan fingerprint density at radius 1 is 1.26 bits per heavy atom. The Bertz CT molecular complexity index is 708. The van der Waals surface area contributed by atoms with Crippen molar-refractivity contribution in [3.63, 3.8) is 0 Å². The molecule has 0 fully saturated rings. The third kappa shape index (κ3) is 2.09. The van der Waals surface area contributed by atoms with E-state index < -0.39 is 5.54 Å². The minimum absolute atomic E-state index is 0.423. The number of aliphatic imine (C=N–C) groups is 1. The number of benzene rings is 1. The van der Waals surface area contributed by atoms with Crippen LogP contribution in [0.3, 0.4) is 0 Å². The Hall–Kier alpha value is -1.91. The lowest BCUT2D eigenvalue weighted by Crippen LogP contribution is -2.41. The molecule has 0 radical (unpaired) electrons. The van der Waals surface area contributed by atoms with Crippen molar-refractivity contribution in [3.05, 3.63) is 53.0 Å². The van der Waals surface area contributed by atoms with Gasteiger partial charge in [0.1, 0.15) is 0 Å². The fourth-order valence-electron chi connectivity index (χ4n) is 2.34. The van der Waals surface area contributed by atoms with E-state index in [0.717, 1.165) is 16.5 Å². The van der Waals surface area contributed by atoms with Crippen LogP contribution in [-0.4, -0.2) is 17.7 Å². The number of halogens is 1. The molecule has 0 aliphatic carbocycles. The molecule has 0 bridgehead atoms. The first-order chi connectivity index (χ1) is 9.08. The van der Waals surface area contributed by atoms with Crippen molar-refractivity contribution in [2.75, 3.05) is 6.54 Å². The van der Waals surface area contributed by atoms with Crippen molar-refractivity contribution in [2.45, 2.75) is 5.54 Å². The maximum atomic E-state index is 6.41. The van der Waals surface area contributed by atoms with Gasteiger partial charge in [-0.1, -0.05) is 17.7 Å². The second-order valence-electron chi connectivity index (χ2n) is 4.68. The maximum absolute atomic E-state index is 6.41. The number of allylic oxidation sites excluding steroid dienone is 1. The molecule has 1 aliphatic rings. The summed E-state index contributed by atoms with van der Waals surface area (Å²) in [5, 5.41) is 2.63. The first-order valence-electron chi connectivity index (χ1n) is 5.90. The highest BCUT2D eigenvalue weighted by Gasteiger charge is 2.30. The van der Waals surface area contributed by atoms with Crippen LogP contribution in [0.25, 0.3) is 10.8 Å². The third-order valence-corrected chi connectivity index (χ3v) is 3.42. The smallest absolute Gasteiger partial charge is 0.0996 e. The van der Waals surface area contributed by atoms with Gasteiger partial charge in [0.15, 0.2) is 0 Å². The molecule has 1 aromatic carbocycles. The lowest BCUT2D eigenvalue weighted by Gasteiger charge is -2.27. The molecule has 5 heteroatoms. The molecule has 1 atom stereocenters. The lowest BCUT2D eigenvalue weighted by atomic mass is 9.89. The quantitative estimate of drug-likeness (QED) is 0.833. The normalized spacial score (nSPS) is 22.5. The van der Waals surface area contributed by atoms with Gasteiger partial charge in [0.25, 0.3) is 0 Å². The van der Waals surface area contributed by atoms with Gasteiger partial charge in [-0.15, -0.1) is 0 Å². The highest BCUT2D eigenvalue weighted by atomic mass is 35.5. The first kappa shape index (κ1) is 12.1. The molecule has 0 spiro atoms. The Morgan fingerprint density at radius 3 is 2.89 bits per heavy atom. The van der Waals surface area contributed by atoms with E-state index in [9.17, 15) is 0 Å². The van der Waals surface area contributed by atoms with E-state index in [4.69, 9.17) is 23.1 Å². The van der Waals surface area contributed by atoms with Crippen molar-refractivity contribution in [1.29, 1.82) is 0 Å². The van der Waals surface area contributed by atoms with Gasteiger partial charge in [0.05, 0.1) is 17.8 Å². The van der Waals surface area contributed by atoms with E-state index in [1.54, 1.807) is 18.5 Å². The van der Waals surface area contributed by atoms with E-state index in [2.05, 4.69) is 9.98 Å². The fraction of sp³-hybridized carbons (Fsp3) is 0.143. The largest absolute Gasteiger partial charge is 0.398 e. The predicted octanol–water partition coefficient (Wildman–Crippen LogP) is 1.97. The maximum Gasteiger partial charge on any atom is 0.0996 e. The minimum atomic E-state index is -0.789. The summed E-state index contributed by atoms with van der Waals surface area (Å²) in [6.07, 6.45) is 5.15. The van der Waals surface area contributed by atoms with E-state index in [0.29, 0.717) is 17.3 Å². The molecule has 4 N–H and O–H groups in total. The molecule has 2 aromatic rings. The number of hydrogen-bond donors (Lipinski definition) is 2. The monoisotopic (exact) mass is 272 g/mol. The number of pyridine rings is 1. The third-order valence-electron chi connectivity index (χ3n) is 3.19. The Kier molecular flexibility index (Phi) is 2.77. The Balaban J connectivity index is 2.25. The standard InChI is InChI=1S/C14H13ClN4/c15-10-2-1-9-3-4-19-13(12(9)5-10)14(17)6-11(16)7-18-8-14/h1-7H,8,16-17H2. The number of nitrogens with zero attached hydrogens (tertiary/aromatic N) is 2. The topological polar surface area (TPSA) is 77.3 Å². The predicted molar refractivity (Wildman–Crippen MR) is 78.2 cm³/mol. The lowest BCUT2D eigenvalue weighted by molar-refractivity contribution is 0.555. The molecule has 19 heavy (non-hydrogen) atoms. The number of dihydropyridines is 1. The summed E-state index contributed by atoms with van der Waals surface area (Å²) in [4.78, 5) is 8.62. The summed E-state index contributed by atoms with van der Waals surface area (Å²) in [7, 11) is 0. The molecular weight excluding hydrogens is 260 g/mol. The number of rotatable bonds is 1. The van der Waals surface area contributed by atoms with Crippen molar-refractivity contribution in [2.24, 2.45) is 16.5 Å². The van der Waals surface area contributed by atoms with Crippen LogP contribution in [0.4, 0.5) is 0 Å². The average molecular weight is 273 g/mol. The molecule has 3 rings (SSSR count). The molecule has 1 aliphatic heterocycles. The van der Waals surface area contributed by atoms with Crippen molar-refractivity contribution >= 4 is 28.6 Å². The van der Waals surface area contributed by atoms with Gasteiger partial charge in [-0.2, -0.15) is 0 Å². The van der Waals surface area contributed by atoms with Gasteiger partial charge in [-0.05, 0) is 29.7 Å². The average Bonchev–Trinajstić information content (AvgIpc) is 2.37.